The number of halogens is 2. The Morgan fingerprint density at radius 2 is 2.24 bits per heavy atom. The Labute approximate surface area is 150 Å². The van der Waals surface area contributed by atoms with Crippen LogP contribution in [0.15, 0.2) is 23.0 Å². The van der Waals surface area contributed by atoms with Crippen LogP contribution in [0.3, 0.4) is 0 Å². The number of nitrogens with zero attached hydrogens (tertiary/aromatic N) is 2. The summed E-state index contributed by atoms with van der Waals surface area (Å²) in [6.07, 6.45) is 0. The molecule has 1 atom stereocenters. The van der Waals surface area contributed by atoms with Crippen molar-refractivity contribution in [2.75, 3.05) is 12.4 Å². The summed E-state index contributed by atoms with van der Waals surface area (Å²) < 4.78 is 18.6. The van der Waals surface area contributed by atoms with Crippen LogP contribution in [0.5, 0.6) is 5.88 Å². The Morgan fingerprint density at radius 1 is 1.48 bits per heavy atom. The summed E-state index contributed by atoms with van der Waals surface area (Å²) in [5.74, 6) is -0.362. The fourth-order valence-corrected chi connectivity index (χ4v) is 3.37. The molecule has 3 rings (SSSR count). The quantitative estimate of drug-likeness (QED) is 0.720. The predicted molar refractivity (Wildman–Crippen MR) is 95.0 cm³/mol. The van der Waals surface area contributed by atoms with Crippen LogP contribution in [0.4, 0.5) is 9.52 Å². The molecule has 0 amide bonds. The van der Waals surface area contributed by atoms with Crippen LogP contribution in [-0.4, -0.2) is 17.1 Å². The van der Waals surface area contributed by atoms with E-state index < -0.39 is 11.9 Å². The number of pyridine rings is 1. The smallest absolute Gasteiger partial charge is 0.253 e. The lowest BCUT2D eigenvalue weighted by Gasteiger charge is -2.13. The third kappa shape index (κ3) is 3.29. The minimum Gasteiger partial charge on any atom is -0.479 e. The van der Waals surface area contributed by atoms with E-state index in [-0.39, 0.29) is 16.5 Å². The molecule has 2 heterocycles. The highest BCUT2D eigenvalue weighted by molar-refractivity contribution is 7.16. The molecule has 0 aliphatic heterocycles. The van der Waals surface area contributed by atoms with E-state index in [2.05, 4.69) is 15.3 Å². The molecule has 2 aromatic heterocycles. The maximum absolute atomic E-state index is 13.5. The van der Waals surface area contributed by atoms with Crippen molar-refractivity contribution in [3.8, 4) is 11.9 Å². The SMILES string of the molecule is COc1nc(N[C@@H](C)c2cc3cc(Cl)c(F)cc3[nH]c2=O)sc1C#N. The number of benzene rings is 1. The minimum atomic E-state index is -0.595. The Balaban J connectivity index is 1.97. The van der Waals surface area contributed by atoms with Gasteiger partial charge in [-0.2, -0.15) is 10.2 Å². The highest BCUT2D eigenvalue weighted by atomic mass is 35.5. The molecule has 2 N–H and O–H groups in total. The molecular formula is C16H12ClFN4O2S. The fourth-order valence-electron chi connectivity index (χ4n) is 2.38. The van der Waals surface area contributed by atoms with Gasteiger partial charge in [0.2, 0.25) is 5.88 Å². The van der Waals surface area contributed by atoms with Gasteiger partial charge in [0.15, 0.2) is 10.0 Å². The number of rotatable bonds is 4. The topological polar surface area (TPSA) is 90.8 Å². The van der Waals surface area contributed by atoms with E-state index in [1.807, 2.05) is 6.07 Å². The monoisotopic (exact) mass is 378 g/mol. The lowest BCUT2D eigenvalue weighted by molar-refractivity contribution is 0.400. The summed E-state index contributed by atoms with van der Waals surface area (Å²) in [7, 11) is 1.43. The number of anilines is 1. The average molecular weight is 379 g/mol. The Bertz CT molecular complexity index is 1060. The molecule has 0 aliphatic rings. The van der Waals surface area contributed by atoms with Crippen LogP contribution in [0.2, 0.25) is 5.02 Å². The predicted octanol–water partition coefficient (Wildman–Crippen LogP) is 3.83. The summed E-state index contributed by atoms with van der Waals surface area (Å²) in [5.41, 5.74) is 0.451. The number of fused-ring (bicyclic) bond motifs is 1. The molecule has 0 unspecified atom stereocenters. The number of thiazole rings is 1. The molecule has 0 aliphatic carbocycles. The number of ether oxygens (including phenoxy) is 1. The second-order valence-corrected chi connectivity index (χ2v) is 6.65. The molecule has 0 bridgehead atoms. The number of hydrogen-bond acceptors (Lipinski definition) is 6. The summed E-state index contributed by atoms with van der Waals surface area (Å²) in [6, 6.07) is 5.89. The van der Waals surface area contributed by atoms with E-state index in [0.29, 0.717) is 26.5 Å². The number of aromatic amines is 1. The molecule has 3 aromatic rings. The average Bonchev–Trinajstić information content (AvgIpc) is 2.97. The third-order valence-corrected chi connectivity index (χ3v) is 4.77. The lowest BCUT2D eigenvalue weighted by Crippen LogP contribution is -2.19. The molecule has 0 saturated heterocycles. The van der Waals surface area contributed by atoms with Crippen molar-refractivity contribution in [2.45, 2.75) is 13.0 Å². The van der Waals surface area contributed by atoms with Gasteiger partial charge in [0, 0.05) is 10.9 Å². The van der Waals surface area contributed by atoms with E-state index >= 15 is 0 Å². The number of H-pyrrole nitrogens is 1. The first-order valence-electron chi connectivity index (χ1n) is 7.16. The van der Waals surface area contributed by atoms with Gasteiger partial charge in [0.25, 0.3) is 5.56 Å². The molecule has 0 fully saturated rings. The van der Waals surface area contributed by atoms with Gasteiger partial charge in [0.05, 0.1) is 23.7 Å². The van der Waals surface area contributed by atoms with Crippen molar-refractivity contribution in [2.24, 2.45) is 0 Å². The zero-order valence-corrected chi connectivity index (χ0v) is 14.8. The molecule has 0 saturated carbocycles. The molecule has 25 heavy (non-hydrogen) atoms. The second-order valence-electron chi connectivity index (χ2n) is 5.24. The van der Waals surface area contributed by atoms with Gasteiger partial charge in [0.1, 0.15) is 11.9 Å². The highest BCUT2D eigenvalue weighted by Gasteiger charge is 2.16. The van der Waals surface area contributed by atoms with Crippen molar-refractivity contribution >= 4 is 39.0 Å². The van der Waals surface area contributed by atoms with Gasteiger partial charge in [-0.15, -0.1) is 0 Å². The molecule has 0 spiro atoms. The van der Waals surface area contributed by atoms with E-state index in [1.165, 1.54) is 19.2 Å². The maximum Gasteiger partial charge on any atom is 0.253 e. The standard InChI is InChI=1S/C16H12ClFN4O2S/c1-7(20-16-22-15(24-2)13(6-19)25-16)9-3-8-4-10(17)11(18)5-12(8)21-14(9)23/h3-5,7H,1-2H3,(H,20,22)(H,21,23)/t7-/m0/s1. The lowest BCUT2D eigenvalue weighted by atomic mass is 10.1. The Hall–Kier alpha value is -2.63. The van der Waals surface area contributed by atoms with Crippen molar-refractivity contribution in [3.05, 3.63) is 49.8 Å². The summed E-state index contributed by atoms with van der Waals surface area (Å²) >= 11 is 6.94. The Morgan fingerprint density at radius 3 is 2.88 bits per heavy atom. The summed E-state index contributed by atoms with van der Waals surface area (Å²) in [5, 5.41) is 13.2. The Kier molecular flexibility index (Phi) is 4.61. The zero-order chi connectivity index (χ0) is 18.1. The van der Waals surface area contributed by atoms with Gasteiger partial charge < -0.3 is 15.0 Å². The molecule has 0 radical (unpaired) electrons. The van der Waals surface area contributed by atoms with E-state index in [1.54, 1.807) is 13.0 Å². The first-order valence-corrected chi connectivity index (χ1v) is 8.35. The van der Waals surface area contributed by atoms with Crippen molar-refractivity contribution in [3.63, 3.8) is 0 Å². The van der Waals surface area contributed by atoms with Gasteiger partial charge in [-0.1, -0.05) is 22.9 Å². The van der Waals surface area contributed by atoms with Gasteiger partial charge in [-0.25, -0.2) is 4.39 Å². The number of aromatic nitrogens is 2. The zero-order valence-electron chi connectivity index (χ0n) is 13.2. The minimum absolute atomic E-state index is 0.0190. The van der Waals surface area contributed by atoms with E-state index in [9.17, 15) is 9.18 Å². The van der Waals surface area contributed by atoms with Crippen molar-refractivity contribution in [1.29, 1.82) is 5.26 Å². The first kappa shape index (κ1) is 17.2. The maximum atomic E-state index is 13.5. The first-order chi connectivity index (χ1) is 11.9. The van der Waals surface area contributed by atoms with Crippen LogP contribution in [0.1, 0.15) is 23.4 Å². The molecule has 9 heteroatoms. The number of hydrogen-bond donors (Lipinski definition) is 2. The van der Waals surface area contributed by atoms with E-state index in [4.69, 9.17) is 21.6 Å². The molecule has 1 aromatic carbocycles. The van der Waals surface area contributed by atoms with Gasteiger partial charge in [-0.3, -0.25) is 4.79 Å². The summed E-state index contributed by atoms with van der Waals surface area (Å²) in [4.78, 5) is 19.4. The second kappa shape index (κ2) is 6.70. The van der Waals surface area contributed by atoms with Gasteiger partial charge >= 0.3 is 0 Å². The molecule has 128 valence electrons. The number of nitriles is 1. The molecule has 6 nitrogen and oxygen atoms in total. The summed E-state index contributed by atoms with van der Waals surface area (Å²) in [6.45, 7) is 1.78. The van der Waals surface area contributed by atoms with Crippen LogP contribution in [0.25, 0.3) is 10.9 Å². The fraction of sp³-hybridized carbons (Fsp3) is 0.188. The van der Waals surface area contributed by atoms with Crippen LogP contribution < -0.4 is 15.6 Å². The van der Waals surface area contributed by atoms with E-state index in [0.717, 1.165) is 11.3 Å². The van der Waals surface area contributed by atoms with Crippen LogP contribution in [0, 0.1) is 17.1 Å². The normalized spacial score (nSPS) is 12.0. The van der Waals surface area contributed by atoms with Crippen LogP contribution in [-0.2, 0) is 0 Å². The van der Waals surface area contributed by atoms with Crippen molar-refractivity contribution < 1.29 is 9.13 Å². The largest absolute Gasteiger partial charge is 0.479 e. The van der Waals surface area contributed by atoms with Crippen molar-refractivity contribution in [1.82, 2.24) is 9.97 Å². The number of methoxy groups -OCH3 is 1. The van der Waals surface area contributed by atoms with Crippen LogP contribution >= 0.6 is 22.9 Å². The number of nitrogens with one attached hydrogen (secondary N) is 2. The highest BCUT2D eigenvalue weighted by Crippen LogP contribution is 2.30. The molecular weight excluding hydrogens is 367 g/mol. The third-order valence-electron chi connectivity index (χ3n) is 3.61. The van der Waals surface area contributed by atoms with Gasteiger partial charge in [-0.05, 0) is 25.1 Å².